The first kappa shape index (κ1) is 12.8. The third kappa shape index (κ3) is 2.59. The quantitative estimate of drug-likeness (QED) is 0.603. The van der Waals surface area contributed by atoms with Gasteiger partial charge in [0.05, 0.1) is 8.07 Å². The molecule has 0 saturated carbocycles. The van der Waals surface area contributed by atoms with E-state index in [1.165, 1.54) is 5.19 Å². The van der Waals surface area contributed by atoms with Gasteiger partial charge >= 0.3 is 0 Å². The summed E-state index contributed by atoms with van der Waals surface area (Å²) in [4.78, 5) is 11.0. The average molecular weight is 254 g/mol. The first-order chi connectivity index (χ1) is 8.52. The highest BCUT2D eigenvalue weighted by Crippen LogP contribution is 2.22. The summed E-state index contributed by atoms with van der Waals surface area (Å²) in [5.41, 5.74) is 2.87. The predicted molar refractivity (Wildman–Crippen MR) is 80.2 cm³/mol. The van der Waals surface area contributed by atoms with E-state index in [1.54, 1.807) is 0 Å². The van der Waals surface area contributed by atoms with Crippen molar-refractivity contribution in [2.24, 2.45) is 0 Å². The molecule has 2 aromatic carbocycles. The standard InChI is InChI=1S/C16H18OSi/c1-18(2,3)15-10-8-13(9-11-15)16-7-5-4-6-14(16)12-17/h4-12H,1-3H3. The molecule has 0 radical (unpaired) electrons. The van der Waals surface area contributed by atoms with Crippen LogP contribution in [0, 0.1) is 0 Å². The number of carbonyl (C=O) groups excluding carboxylic acids is 1. The number of benzene rings is 2. The van der Waals surface area contributed by atoms with E-state index in [2.05, 4.69) is 43.9 Å². The van der Waals surface area contributed by atoms with Gasteiger partial charge in [-0.3, -0.25) is 4.79 Å². The maximum absolute atomic E-state index is 11.0. The molecule has 0 unspecified atom stereocenters. The highest BCUT2D eigenvalue weighted by atomic mass is 28.3. The first-order valence-corrected chi connectivity index (χ1v) is 9.67. The molecule has 0 N–H and O–H groups in total. The van der Waals surface area contributed by atoms with Crippen LogP contribution in [-0.2, 0) is 0 Å². The molecule has 0 aliphatic rings. The second kappa shape index (κ2) is 4.90. The Balaban J connectivity index is 2.44. The third-order valence-electron chi connectivity index (χ3n) is 3.15. The Labute approximate surface area is 109 Å². The summed E-state index contributed by atoms with van der Waals surface area (Å²) in [5.74, 6) is 0. The van der Waals surface area contributed by atoms with Crippen LogP contribution in [0.4, 0.5) is 0 Å². The Morgan fingerprint density at radius 1 is 0.889 bits per heavy atom. The van der Waals surface area contributed by atoms with Crippen LogP contribution in [0.5, 0.6) is 0 Å². The van der Waals surface area contributed by atoms with Crippen molar-refractivity contribution in [1.29, 1.82) is 0 Å². The number of aldehydes is 1. The fourth-order valence-corrected chi connectivity index (χ4v) is 3.18. The van der Waals surface area contributed by atoms with E-state index in [-0.39, 0.29) is 0 Å². The van der Waals surface area contributed by atoms with Crippen molar-refractivity contribution in [3.8, 4) is 11.1 Å². The largest absolute Gasteiger partial charge is 0.298 e. The normalized spacial score (nSPS) is 11.3. The zero-order chi connectivity index (χ0) is 13.2. The summed E-state index contributed by atoms with van der Waals surface area (Å²) in [5, 5.41) is 1.44. The number of hydrogen-bond donors (Lipinski definition) is 0. The molecule has 0 heterocycles. The summed E-state index contributed by atoms with van der Waals surface area (Å²) in [6, 6.07) is 16.3. The van der Waals surface area contributed by atoms with Crippen molar-refractivity contribution in [2.75, 3.05) is 0 Å². The second-order valence-electron chi connectivity index (χ2n) is 5.53. The Hall–Kier alpha value is -1.67. The van der Waals surface area contributed by atoms with Crippen LogP contribution in [0.25, 0.3) is 11.1 Å². The Morgan fingerprint density at radius 2 is 1.50 bits per heavy atom. The highest BCUT2D eigenvalue weighted by molar-refractivity contribution is 6.88. The molecule has 0 amide bonds. The average Bonchev–Trinajstić information content (AvgIpc) is 2.38. The van der Waals surface area contributed by atoms with Crippen LogP contribution in [0.2, 0.25) is 19.6 Å². The molecule has 2 aromatic rings. The van der Waals surface area contributed by atoms with Crippen LogP contribution in [0.1, 0.15) is 10.4 Å². The topological polar surface area (TPSA) is 17.1 Å². The van der Waals surface area contributed by atoms with Crippen LogP contribution >= 0.6 is 0 Å². The van der Waals surface area contributed by atoms with Gasteiger partial charge in [-0.15, -0.1) is 0 Å². The molecular formula is C16H18OSi. The minimum absolute atomic E-state index is 0.748. The lowest BCUT2D eigenvalue weighted by Crippen LogP contribution is -2.37. The zero-order valence-corrected chi connectivity index (χ0v) is 12.1. The van der Waals surface area contributed by atoms with Gasteiger partial charge in [0.25, 0.3) is 0 Å². The SMILES string of the molecule is C[Si](C)(C)c1ccc(-c2ccccc2C=O)cc1. The Bertz CT molecular complexity index is 550. The van der Waals surface area contributed by atoms with Crippen molar-refractivity contribution in [3.05, 3.63) is 54.1 Å². The van der Waals surface area contributed by atoms with Gasteiger partial charge in [-0.25, -0.2) is 0 Å². The Kier molecular flexibility index (Phi) is 3.48. The van der Waals surface area contributed by atoms with Crippen molar-refractivity contribution < 1.29 is 4.79 Å². The van der Waals surface area contributed by atoms with Gasteiger partial charge in [0.1, 0.15) is 0 Å². The summed E-state index contributed by atoms with van der Waals surface area (Å²) >= 11 is 0. The maximum Gasteiger partial charge on any atom is 0.150 e. The van der Waals surface area contributed by atoms with Gasteiger partial charge in [-0.2, -0.15) is 0 Å². The summed E-state index contributed by atoms with van der Waals surface area (Å²) in [6.07, 6.45) is 0.918. The smallest absolute Gasteiger partial charge is 0.150 e. The summed E-state index contributed by atoms with van der Waals surface area (Å²) in [6.45, 7) is 7.00. The first-order valence-electron chi connectivity index (χ1n) is 6.17. The molecule has 0 aromatic heterocycles. The molecule has 0 aliphatic carbocycles. The lowest BCUT2D eigenvalue weighted by Gasteiger charge is -2.17. The van der Waals surface area contributed by atoms with Gasteiger partial charge in [0.2, 0.25) is 0 Å². The zero-order valence-electron chi connectivity index (χ0n) is 11.1. The third-order valence-corrected chi connectivity index (χ3v) is 5.22. The highest BCUT2D eigenvalue weighted by Gasteiger charge is 2.15. The maximum atomic E-state index is 11.0. The van der Waals surface area contributed by atoms with E-state index in [4.69, 9.17) is 0 Å². The molecule has 0 atom stereocenters. The molecule has 2 rings (SSSR count). The van der Waals surface area contributed by atoms with Crippen molar-refractivity contribution in [3.63, 3.8) is 0 Å². The Morgan fingerprint density at radius 3 is 2.06 bits per heavy atom. The molecule has 0 aliphatic heterocycles. The molecular weight excluding hydrogens is 236 g/mol. The minimum Gasteiger partial charge on any atom is -0.298 e. The van der Waals surface area contributed by atoms with E-state index >= 15 is 0 Å². The number of carbonyl (C=O) groups is 1. The number of hydrogen-bond acceptors (Lipinski definition) is 1. The van der Waals surface area contributed by atoms with E-state index in [0.29, 0.717) is 0 Å². The molecule has 0 spiro atoms. The van der Waals surface area contributed by atoms with Crippen molar-refractivity contribution in [2.45, 2.75) is 19.6 Å². The molecule has 0 saturated heterocycles. The number of rotatable bonds is 3. The van der Waals surface area contributed by atoms with E-state index in [9.17, 15) is 4.79 Å². The fraction of sp³-hybridized carbons (Fsp3) is 0.188. The monoisotopic (exact) mass is 254 g/mol. The lowest BCUT2D eigenvalue weighted by atomic mass is 10.0. The molecule has 0 fully saturated rings. The van der Waals surface area contributed by atoms with E-state index < -0.39 is 8.07 Å². The second-order valence-corrected chi connectivity index (χ2v) is 10.6. The van der Waals surface area contributed by atoms with E-state index in [0.717, 1.165) is 23.0 Å². The van der Waals surface area contributed by atoms with E-state index in [1.807, 2.05) is 24.3 Å². The van der Waals surface area contributed by atoms with Crippen molar-refractivity contribution >= 4 is 19.5 Å². The molecule has 0 bridgehead atoms. The van der Waals surface area contributed by atoms with Gasteiger partial charge in [-0.1, -0.05) is 73.4 Å². The predicted octanol–water partition coefficient (Wildman–Crippen LogP) is 3.71. The van der Waals surface area contributed by atoms with Gasteiger partial charge in [0.15, 0.2) is 6.29 Å². The van der Waals surface area contributed by atoms with Crippen LogP contribution in [0.3, 0.4) is 0 Å². The van der Waals surface area contributed by atoms with Gasteiger partial charge in [0, 0.05) is 5.56 Å². The van der Waals surface area contributed by atoms with Gasteiger partial charge < -0.3 is 0 Å². The van der Waals surface area contributed by atoms with Crippen molar-refractivity contribution in [1.82, 2.24) is 0 Å². The summed E-state index contributed by atoms with van der Waals surface area (Å²) < 4.78 is 0. The minimum atomic E-state index is -1.25. The van der Waals surface area contributed by atoms with Crippen LogP contribution in [0.15, 0.2) is 48.5 Å². The molecule has 2 heteroatoms. The van der Waals surface area contributed by atoms with Crippen LogP contribution in [-0.4, -0.2) is 14.4 Å². The lowest BCUT2D eigenvalue weighted by molar-refractivity contribution is 0.112. The van der Waals surface area contributed by atoms with Crippen LogP contribution < -0.4 is 5.19 Å². The molecule has 1 nitrogen and oxygen atoms in total. The van der Waals surface area contributed by atoms with Gasteiger partial charge in [-0.05, 0) is 11.1 Å². The fourth-order valence-electron chi connectivity index (χ4n) is 2.01. The molecule has 92 valence electrons. The molecule has 18 heavy (non-hydrogen) atoms. The summed E-state index contributed by atoms with van der Waals surface area (Å²) in [7, 11) is -1.25.